The summed E-state index contributed by atoms with van der Waals surface area (Å²) < 4.78 is 10.5. The van der Waals surface area contributed by atoms with E-state index in [1.54, 1.807) is 0 Å². The molecule has 0 saturated heterocycles. The van der Waals surface area contributed by atoms with Crippen LogP contribution in [0, 0.1) is 0 Å². The zero-order chi connectivity index (χ0) is 32.9. The molecule has 1 atom stereocenters. The van der Waals surface area contributed by atoms with E-state index >= 15 is 0 Å². The molecule has 45 heavy (non-hydrogen) atoms. The Bertz CT molecular complexity index is 849. The van der Waals surface area contributed by atoms with Gasteiger partial charge in [-0.05, 0) is 51.4 Å². The highest BCUT2D eigenvalue weighted by atomic mass is 16.6. The van der Waals surface area contributed by atoms with Gasteiger partial charge >= 0.3 is 11.9 Å². The van der Waals surface area contributed by atoms with Crippen molar-refractivity contribution in [1.82, 2.24) is 0 Å². The highest BCUT2D eigenvalue weighted by Crippen LogP contribution is 2.13. The lowest BCUT2D eigenvalue weighted by molar-refractivity contribution is -0.161. The van der Waals surface area contributed by atoms with Crippen molar-refractivity contribution < 1.29 is 24.2 Å². The van der Waals surface area contributed by atoms with Crippen LogP contribution in [0.15, 0.2) is 72.9 Å². The Labute approximate surface area is 276 Å². The normalized spacial score (nSPS) is 13.0. The van der Waals surface area contributed by atoms with Gasteiger partial charge in [0.2, 0.25) is 0 Å². The first kappa shape index (κ1) is 42.3. The topological polar surface area (TPSA) is 72.8 Å². The number of ether oxygens (including phenoxy) is 2. The number of esters is 2. The van der Waals surface area contributed by atoms with Gasteiger partial charge in [-0.2, -0.15) is 0 Å². The van der Waals surface area contributed by atoms with Gasteiger partial charge in [0.1, 0.15) is 6.61 Å². The summed E-state index contributed by atoms with van der Waals surface area (Å²) in [7, 11) is 0. The molecule has 5 nitrogen and oxygen atoms in total. The van der Waals surface area contributed by atoms with Gasteiger partial charge in [0, 0.05) is 12.8 Å². The van der Waals surface area contributed by atoms with Crippen LogP contribution in [-0.2, 0) is 19.1 Å². The second-order valence-electron chi connectivity index (χ2n) is 11.6. The van der Waals surface area contributed by atoms with Gasteiger partial charge in [0.15, 0.2) is 6.10 Å². The third-order valence-corrected chi connectivity index (χ3v) is 7.28. The molecule has 0 heterocycles. The van der Waals surface area contributed by atoms with E-state index in [0.717, 1.165) is 57.8 Å². The molecule has 0 unspecified atom stereocenters. The molecule has 0 aliphatic rings. The van der Waals surface area contributed by atoms with Gasteiger partial charge in [0.05, 0.1) is 6.61 Å². The van der Waals surface area contributed by atoms with Crippen LogP contribution in [0.4, 0.5) is 0 Å². The van der Waals surface area contributed by atoms with E-state index < -0.39 is 12.1 Å². The second-order valence-corrected chi connectivity index (χ2v) is 11.6. The second kappa shape index (κ2) is 35.8. The molecule has 0 aliphatic carbocycles. The number of hydrogen-bond donors (Lipinski definition) is 1. The predicted octanol–water partition coefficient (Wildman–Crippen LogP) is 11.0. The van der Waals surface area contributed by atoms with Gasteiger partial charge in [-0.25, -0.2) is 0 Å². The van der Waals surface area contributed by atoms with Crippen molar-refractivity contribution in [2.45, 2.75) is 155 Å². The smallest absolute Gasteiger partial charge is 0.306 e. The summed E-state index contributed by atoms with van der Waals surface area (Å²) in [6.07, 6.45) is 46.8. The molecule has 0 rings (SSSR count). The number of aliphatic hydroxyl groups is 1. The maximum atomic E-state index is 12.1. The molecular formula is C40H66O5. The van der Waals surface area contributed by atoms with Crippen LogP contribution in [0.5, 0.6) is 0 Å². The number of unbranched alkanes of at least 4 members (excludes halogenated alkanes) is 11. The minimum absolute atomic E-state index is 0.0980. The van der Waals surface area contributed by atoms with E-state index in [0.29, 0.717) is 12.8 Å². The first-order valence-corrected chi connectivity index (χ1v) is 18.0. The fraction of sp³-hybridized carbons (Fsp3) is 0.650. The Balaban J connectivity index is 3.75. The van der Waals surface area contributed by atoms with Crippen molar-refractivity contribution in [2.24, 2.45) is 0 Å². The third kappa shape index (κ3) is 34.1. The van der Waals surface area contributed by atoms with Crippen molar-refractivity contribution in [3.8, 4) is 0 Å². The van der Waals surface area contributed by atoms with Crippen LogP contribution in [0.2, 0.25) is 0 Å². The monoisotopic (exact) mass is 626 g/mol. The summed E-state index contributed by atoms with van der Waals surface area (Å²) in [4.78, 5) is 24.1. The SMILES string of the molecule is CCC=CCC=CCC=CCC=CCC=CCC=CCCC(=O)O[C@@H](CO)COC(=O)CCCCCCCCCCCCCC. The number of carbonyl (C=O) groups excluding carboxylic acids is 2. The van der Waals surface area contributed by atoms with E-state index in [9.17, 15) is 14.7 Å². The Kier molecular flexibility index (Phi) is 33.7. The molecule has 0 aromatic rings. The number of hydrogen-bond acceptors (Lipinski definition) is 5. The van der Waals surface area contributed by atoms with Crippen molar-refractivity contribution in [1.29, 1.82) is 0 Å². The fourth-order valence-corrected chi connectivity index (χ4v) is 4.58. The van der Waals surface area contributed by atoms with Gasteiger partial charge in [0.25, 0.3) is 0 Å². The largest absolute Gasteiger partial charge is 0.462 e. The van der Waals surface area contributed by atoms with Crippen LogP contribution in [0.1, 0.15) is 149 Å². The summed E-state index contributed by atoms with van der Waals surface area (Å²) in [6, 6.07) is 0. The zero-order valence-electron chi connectivity index (χ0n) is 28.8. The number of rotatable bonds is 31. The molecule has 0 fully saturated rings. The van der Waals surface area contributed by atoms with Crippen molar-refractivity contribution >= 4 is 11.9 Å². The molecule has 0 bridgehead atoms. The van der Waals surface area contributed by atoms with Crippen molar-refractivity contribution in [3.63, 3.8) is 0 Å². The molecule has 0 saturated carbocycles. The van der Waals surface area contributed by atoms with Crippen molar-refractivity contribution in [2.75, 3.05) is 13.2 Å². The highest BCUT2D eigenvalue weighted by molar-refractivity contribution is 5.70. The Morgan fingerprint density at radius 1 is 0.533 bits per heavy atom. The first-order chi connectivity index (χ1) is 22.1. The van der Waals surface area contributed by atoms with E-state index in [1.165, 1.54) is 57.8 Å². The molecule has 0 aliphatic heterocycles. The number of aliphatic hydroxyl groups excluding tert-OH is 1. The maximum Gasteiger partial charge on any atom is 0.306 e. The fourth-order valence-electron chi connectivity index (χ4n) is 4.58. The van der Waals surface area contributed by atoms with E-state index in [1.807, 2.05) is 12.2 Å². The summed E-state index contributed by atoms with van der Waals surface area (Å²) in [5.41, 5.74) is 0. The van der Waals surface area contributed by atoms with Gasteiger partial charge in [-0.3, -0.25) is 9.59 Å². The van der Waals surface area contributed by atoms with Gasteiger partial charge < -0.3 is 14.6 Å². The lowest BCUT2D eigenvalue weighted by Crippen LogP contribution is -2.28. The standard InChI is InChI=1S/C40H66O5/c1-3-5-7-9-11-13-15-17-18-19-20-21-22-23-25-27-29-31-33-35-40(43)45-38(36-41)37-44-39(42)34-32-30-28-26-24-16-14-12-10-8-6-4-2/h5,7,11,13,17-18,20-21,23,25,29,31,38,41H,3-4,6,8-10,12,14-16,19,22,24,26-28,30,32-37H2,1-2H3/t38-/m0/s1. The highest BCUT2D eigenvalue weighted by Gasteiger charge is 2.15. The van der Waals surface area contributed by atoms with Crippen molar-refractivity contribution in [3.05, 3.63) is 72.9 Å². The summed E-state index contributed by atoms with van der Waals surface area (Å²) in [5.74, 6) is -0.694. The van der Waals surface area contributed by atoms with Crippen LogP contribution < -0.4 is 0 Å². The average Bonchev–Trinajstić information content (AvgIpc) is 3.04. The molecule has 0 radical (unpaired) electrons. The molecule has 0 aromatic heterocycles. The van der Waals surface area contributed by atoms with Crippen LogP contribution in [-0.4, -0.2) is 36.4 Å². The van der Waals surface area contributed by atoms with E-state index in [-0.39, 0.29) is 25.6 Å². The van der Waals surface area contributed by atoms with E-state index in [2.05, 4.69) is 74.6 Å². The lowest BCUT2D eigenvalue weighted by atomic mass is 10.0. The van der Waals surface area contributed by atoms with Crippen LogP contribution in [0.3, 0.4) is 0 Å². The lowest BCUT2D eigenvalue weighted by Gasteiger charge is -2.15. The minimum Gasteiger partial charge on any atom is -0.462 e. The number of allylic oxidation sites excluding steroid dienone is 12. The predicted molar refractivity (Wildman–Crippen MR) is 191 cm³/mol. The molecule has 0 spiro atoms. The van der Waals surface area contributed by atoms with Gasteiger partial charge in [-0.1, -0.05) is 157 Å². The Hall–Kier alpha value is -2.66. The Morgan fingerprint density at radius 3 is 1.40 bits per heavy atom. The molecule has 0 amide bonds. The number of carbonyl (C=O) groups is 2. The molecule has 256 valence electrons. The van der Waals surface area contributed by atoms with Gasteiger partial charge in [-0.15, -0.1) is 0 Å². The average molecular weight is 627 g/mol. The Morgan fingerprint density at radius 2 is 0.956 bits per heavy atom. The third-order valence-electron chi connectivity index (χ3n) is 7.28. The quantitative estimate of drug-likeness (QED) is 0.0471. The molecule has 5 heteroatoms. The van der Waals surface area contributed by atoms with Crippen LogP contribution >= 0.6 is 0 Å². The van der Waals surface area contributed by atoms with E-state index in [4.69, 9.17) is 9.47 Å². The first-order valence-electron chi connectivity index (χ1n) is 18.0. The molecule has 0 aromatic carbocycles. The summed E-state index contributed by atoms with van der Waals surface area (Å²) in [5, 5.41) is 9.51. The summed E-state index contributed by atoms with van der Waals surface area (Å²) in [6.45, 7) is 3.93. The van der Waals surface area contributed by atoms with Crippen LogP contribution in [0.25, 0.3) is 0 Å². The zero-order valence-corrected chi connectivity index (χ0v) is 28.8. The molecule has 1 N–H and O–H groups in total. The minimum atomic E-state index is -0.811. The molecular weight excluding hydrogens is 560 g/mol. The maximum absolute atomic E-state index is 12.1. The summed E-state index contributed by atoms with van der Waals surface area (Å²) >= 11 is 0.